The molecule has 1 rings (SSSR count). The number of carboxylic acids is 1. The minimum Gasteiger partial charge on any atom is -0.480 e. The number of hydrogen-bond donors (Lipinski definition) is 1. The number of carboxylic acid groups (broad SMARTS) is 1. The van der Waals surface area contributed by atoms with Gasteiger partial charge >= 0.3 is 5.97 Å². The second-order valence-electron chi connectivity index (χ2n) is 4.03. The number of halogens is 1. The molecule has 0 spiro atoms. The third kappa shape index (κ3) is 4.33. The third-order valence-electron chi connectivity index (χ3n) is 2.68. The van der Waals surface area contributed by atoms with Crippen molar-refractivity contribution in [2.24, 2.45) is 0 Å². The molecule has 1 amide bonds. The van der Waals surface area contributed by atoms with Crippen molar-refractivity contribution in [1.82, 2.24) is 4.90 Å². The van der Waals surface area contributed by atoms with Crippen molar-refractivity contribution < 1.29 is 19.4 Å². The molecule has 1 N–H and O–H groups in total. The van der Waals surface area contributed by atoms with Crippen LogP contribution in [0.2, 0.25) is 0 Å². The molecule has 0 bridgehead atoms. The van der Waals surface area contributed by atoms with Gasteiger partial charge in [0.25, 0.3) is 5.91 Å². The Bertz CT molecular complexity index is 476. The zero-order chi connectivity index (χ0) is 14.4. The van der Waals surface area contributed by atoms with E-state index in [-0.39, 0.29) is 19.0 Å². The Morgan fingerprint density at radius 1 is 1.42 bits per heavy atom. The van der Waals surface area contributed by atoms with Gasteiger partial charge < -0.3 is 14.7 Å². The number of carbonyl (C=O) groups excluding carboxylic acids is 1. The Morgan fingerprint density at radius 3 is 2.68 bits per heavy atom. The average molecular weight is 330 g/mol. The van der Waals surface area contributed by atoms with Crippen molar-refractivity contribution in [2.75, 3.05) is 26.8 Å². The molecule has 0 aliphatic rings. The number of ether oxygens (including phenoxy) is 1. The van der Waals surface area contributed by atoms with E-state index in [1.54, 1.807) is 12.1 Å². The van der Waals surface area contributed by atoms with E-state index < -0.39 is 5.97 Å². The lowest BCUT2D eigenvalue weighted by Gasteiger charge is -2.21. The van der Waals surface area contributed by atoms with E-state index in [4.69, 9.17) is 9.84 Å². The predicted molar refractivity (Wildman–Crippen MR) is 74.3 cm³/mol. The Balaban J connectivity index is 2.97. The lowest BCUT2D eigenvalue weighted by Crippen LogP contribution is -2.38. The van der Waals surface area contributed by atoms with Crippen LogP contribution in [0.5, 0.6) is 0 Å². The fourth-order valence-electron chi connectivity index (χ4n) is 1.63. The number of carbonyl (C=O) groups is 2. The van der Waals surface area contributed by atoms with E-state index in [2.05, 4.69) is 15.9 Å². The maximum Gasteiger partial charge on any atom is 0.323 e. The fraction of sp³-hybridized carbons (Fsp3) is 0.385. The highest BCUT2D eigenvalue weighted by atomic mass is 79.9. The van der Waals surface area contributed by atoms with Gasteiger partial charge in [-0.25, -0.2) is 0 Å². The molecule has 6 heteroatoms. The fourth-order valence-corrected chi connectivity index (χ4v) is 1.99. The summed E-state index contributed by atoms with van der Waals surface area (Å²) in [6.07, 6.45) is 0. The van der Waals surface area contributed by atoms with E-state index >= 15 is 0 Å². The summed E-state index contributed by atoms with van der Waals surface area (Å²) in [6.45, 7) is 2.01. The van der Waals surface area contributed by atoms with Gasteiger partial charge in [0.05, 0.1) is 6.61 Å². The minimum absolute atomic E-state index is 0.244. The molecule has 0 aliphatic heterocycles. The number of rotatable bonds is 6. The largest absolute Gasteiger partial charge is 0.480 e. The molecule has 19 heavy (non-hydrogen) atoms. The van der Waals surface area contributed by atoms with Crippen LogP contribution < -0.4 is 0 Å². The van der Waals surface area contributed by atoms with Crippen LogP contribution in [-0.2, 0) is 9.53 Å². The second kappa shape index (κ2) is 7.25. The Kier molecular flexibility index (Phi) is 5.98. The van der Waals surface area contributed by atoms with Crippen LogP contribution in [0.15, 0.2) is 22.7 Å². The minimum atomic E-state index is -1.04. The van der Waals surface area contributed by atoms with Gasteiger partial charge in [0, 0.05) is 23.7 Å². The number of methoxy groups -OCH3 is 1. The molecule has 0 aromatic heterocycles. The SMILES string of the molecule is COCCN(CC(=O)O)C(=O)c1cccc(Br)c1C. The van der Waals surface area contributed by atoms with Gasteiger partial charge in [0.2, 0.25) is 0 Å². The zero-order valence-corrected chi connectivity index (χ0v) is 12.4. The highest BCUT2D eigenvalue weighted by molar-refractivity contribution is 9.10. The molecule has 1 aromatic carbocycles. The lowest BCUT2D eigenvalue weighted by atomic mass is 10.1. The van der Waals surface area contributed by atoms with Crippen LogP contribution in [0, 0.1) is 6.92 Å². The lowest BCUT2D eigenvalue weighted by molar-refractivity contribution is -0.137. The molecule has 0 saturated carbocycles. The molecule has 104 valence electrons. The van der Waals surface area contributed by atoms with Gasteiger partial charge in [-0.15, -0.1) is 0 Å². The molecular weight excluding hydrogens is 314 g/mol. The summed E-state index contributed by atoms with van der Waals surface area (Å²) < 4.78 is 5.72. The summed E-state index contributed by atoms with van der Waals surface area (Å²) in [4.78, 5) is 24.4. The highest BCUT2D eigenvalue weighted by Crippen LogP contribution is 2.20. The van der Waals surface area contributed by atoms with Crippen molar-refractivity contribution in [3.05, 3.63) is 33.8 Å². The van der Waals surface area contributed by atoms with Crippen LogP contribution in [0.4, 0.5) is 0 Å². The molecule has 1 aromatic rings. The van der Waals surface area contributed by atoms with Crippen LogP contribution in [0.1, 0.15) is 15.9 Å². The first-order valence-corrected chi connectivity index (χ1v) is 6.51. The number of hydrogen-bond acceptors (Lipinski definition) is 3. The predicted octanol–water partition coefficient (Wildman–Crippen LogP) is 1.93. The standard InChI is InChI=1S/C13H16BrNO4/c1-9-10(4-3-5-11(9)14)13(18)15(6-7-19-2)8-12(16)17/h3-5H,6-8H2,1-2H3,(H,16,17). The van der Waals surface area contributed by atoms with Crippen LogP contribution in [0.25, 0.3) is 0 Å². The monoisotopic (exact) mass is 329 g/mol. The van der Waals surface area contributed by atoms with Crippen LogP contribution in [-0.4, -0.2) is 48.7 Å². The molecule has 0 heterocycles. The molecule has 0 aliphatic carbocycles. The zero-order valence-electron chi connectivity index (χ0n) is 10.9. The quantitative estimate of drug-likeness (QED) is 0.866. The van der Waals surface area contributed by atoms with Gasteiger partial charge in [0.15, 0.2) is 0 Å². The number of benzene rings is 1. The molecule has 0 fully saturated rings. The van der Waals surface area contributed by atoms with Crippen molar-refractivity contribution in [3.8, 4) is 0 Å². The first-order valence-electron chi connectivity index (χ1n) is 5.72. The summed E-state index contributed by atoms with van der Waals surface area (Å²) in [6, 6.07) is 5.27. The summed E-state index contributed by atoms with van der Waals surface area (Å²) in [7, 11) is 1.51. The molecule has 5 nitrogen and oxygen atoms in total. The van der Waals surface area contributed by atoms with E-state index in [0.29, 0.717) is 12.2 Å². The van der Waals surface area contributed by atoms with Gasteiger partial charge in [-0.05, 0) is 24.6 Å². The topological polar surface area (TPSA) is 66.8 Å². The molecular formula is C13H16BrNO4. The molecule has 0 unspecified atom stereocenters. The number of nitrogens with zero attached hydrogens (tertiary/aromatic N) is 1. The van der Waals surface area contributed by atoms with E-state index in [9.17, 15) is 9.59 Å². The maximum absolute atomic E-state index is 12.3. The van der Waals surface area contributed by atoms with Gasteiger partial charge in [-0.3, -0.25) is 9.59 Å². The van der Waals surface area contributed by atoms with E-state index in [1.807, 2.05) is 13.0 Å². The highest BCUT2D eigenvalue weighted by Gasteiger charge is 2.20. The van der Waals surface area contributed by atoms with Gasteiger partial charge in [-0.2, -0.15) is 0 Å². The summed E-state index contributed by atoms with van der Waals surface area (Å²) in [5.74, 6) is -1.35. The summed E-state index contributed by atoms with van der Waals surface area (Å²) >= 11 is 3.36. The normalized spacial score (nSPS) is 10.3. The van der Waals surface area contributed by atoms with Crippen LogP contribution in [0.3, 0.4) is 0 Å². The maximum atomic E-state index is 12.3. The van der Waals surface area contributed by atoms with Crippen molar-refractivity contribution >= 4 is 27.8 Å². The smallest absolute Gasteiger partial charge is 0.323 e. The molecule has 0 saturated heterocycles. The van der Waals surface area contributed by atoms with Gasteiger partial charge in [-0.1, -0.05) is 22.0 Å². The number of amides is 1. The van der Waals surface area contributed by atoms with Crippen molar-refractivity contribution in [1.29, 1.82) is 0 Å². The summed E-state index contributed by atoms with van der Waals surface area (Å²) in [5.41, 5.74) is 1.28. The van der Waals surface area contributed by atoms with Crippen LogP contribution >= 0.6 is 15.9 Å². The summed E-state index contributed by atoms with van der Waals surface area (Å²) in [5, 5.41) is 8.86. The average Bonchev–Trinajstić information content (AvgIpc) is 2.36. The third-order valence-corrected chi connectivity index (χ3v) is 3.54. The molecule has 0 radical (unpaired) electrons. The van der Waals surface area contributed by atoms with Crippen molar-refractivity contribution in [2.45, 2.75) is 6.92 Å². The van der Waals surface area contributed by atoms with Gasteiger partial charge in [0.1, 0.15) is 6.54 Å². The Hall–Kier alpha value is -1.40. The van der Waals surface area contributed by atoms with E-state index in [0.717, 1.165) is 10.0 Å². The first kappa shape index (κ1) is 15.7. The first-order chi connectivity index (χ1) is 8.97. The van der Waals surface area contributed by atoms with Crippen molar-refractivity contribution in [3.63, 3.8) is 0 Å². The number of aliphatic carboxylic acids is 1. The Morgan fingerprint density at radius 2 is 2.11 bits per heavy atom. The second-order valence-corrected chi connectivity index (χ2v) is 4.88. The molecule has 0 atom stereocenters. The Labute approximate surface area is 120 Å². The van der Waals surface area contributed by atoms with E-state index in [1.165, 1.54) is 12.0 Å².